The van der Waals surface area contributed by atoms with Gasteiger partial charge in [0.2, 0.25) is 0 Å². The van der Waals surface area contributed by atoms with Gasteiger partial charge in [0.15, 0.2) is 0 Å². The largest absolute Gasteiger partial charge is 0.481 e. The van der Waals surface area contributed by atoms with E-state index >= 15 is 0 Å². The summed E-state index contributed by atoms with van der Waals surface area (Å²) in [6.07, 6.45) is 0. The van der Waals surface area contributed by atoms with Gasteiger partial charge in [-0.25, -0.2) is 4.79 Å². The van der Waals surface area contributed by atoms with E-state index in [0.717, 1.165) is 15.9 Å². The highest BCUT2D eigenvalue weighted by molar-refractivity contribution is 5.39. The van der Waals surface area contributed by atoms with Crippen LogP contribution in [0.1, 0.15) is 11.1 Å². The zero-order valence-electron chi connectivity index (χ0n) is 15.3. The molecule has 0 amide bonds. The normalized spacial score (nSPS) is 10.1. The number of aromatic nitrogens is 2. The fourth-order valence-electron chi connectivity index (χ4n) is 2.47. The number of anilines is 1. The summed E-state index contributed by atoms with van der Waals surface area (Å²) in [6.45, 7) is 4.71. The van der Waals surface area contributed by atoms with Crippen LogP contribution in [-0.2, 0) is 14.1 Å². The Bertz CT molecular complexity index is 945. The molecular weight excluding hydrogens is 318 g/mol. The zero-order chi connectivity index (χ0) is 18.6. The van der Waals surface area contributed by atoms with Crippen molar-refractivity contribution in [2.45, 2.75) is 13.8 Å². The van der Waals surface area contributed by atoms with Crippen LogP contribution in [0.5, 0.6) is 5.75 Å². The Morgan fingerprint density at radius 3 is 2.48 bits per heavy atom. The molecule has 1 heterocycles. The summed E-state index contributed by atoms with van der Waals surface area (Å²) in [7, 11) is 4.87. The Morgan fingerprint density at radius 2 is 1.80 bits per heavy atom. The number of rotatable bonds is 4. The molecule has 0 unspecified atom stereocenters. The lowest BCUT2D eigenvalue weighted by molar-refractivity contribution is 0.367. The number of nitrogens with zero attached hydrogens (tertiary/aromatic N) is 3. The first kappa shape index (κ1) is 18.4. The van der Waals surface area contributed by atoms with E-state index in [0.29, 0.717) is 12.4 Å². The van der Waals surface area contributed by atoms with E-state index in [2.05, 4.69) is 17.9 Å². The Labute approximate surface area is 147 Å². The van der Waals surface area contributed by atoms with Crippen molar-refractivity contribution in [2.75, 3.05) is 25.1 Å². The second-order valence-electron chi connectivity index (χ2n) is 6.01. The maximum absolute atomic E-state index is 11.9. The lowest BCUT2D eigenvalue weighted by atomic mass is 10.1. The molecule has 132 valence electrons. The first-order valence-electron chi connectivity index (χ1n) is 7.95. The minimum atomic E-state index is -0.361. The lowest BCUT2D eigenvalue weighted by Gasteiger charge is -2.19. The Hall–Kier alpha value is -2.94. The number of aryl methyl sites for hydroxylation is 2. The van der Waals surface area contributed by atoms with Crippen LogP contribution < -0.4 is 20.9 Å². The van der Waals surface area contributed by atoms with Crippen LogP contribution in [0.15, 0.2) is 33.9 Å². The predicted octanol–water partition coefficient (Wildman–Crippen LogP) is 1.22. The molecule has 0 saturated heterocycles. The molecule has 2 aromatic rings. The molecule has 0 aliphatic rings. The lowest BCUT2D eigenvalue weighted by Crippen LogP contribution is -2.39. The number of ether oxygens (including phenoxy) is 1. The van der Waals surface area contributed by atoms with Crippen LogP contribution in [0.4, 0.5) is 5.82 Å². The minimum absolute atomic E-state index is 0.285. The van der Waals surface area contributed by atoms with Crippen LogP contribution in [-0.4, -0.2) is 29.3 Å². The van der Waals surface area contributed by atoms with Gasteiger partial charge in [0.25, 0.3) is 5.56 Å². The van der Waals surface area contributed by atoms with Crippen molar-refractivity contribution in [2.24, 2.45) is 14.1 Å². The summed E-state index contributed by atoms with van der Waals surface area (Å²) in [5.74, 6) is 7.29. The molecule has 1 aromatic heterocycles. The van der Waals surface area contributed by atoms with Crippen molar-refractivity contribution >= 4 is 5.82 Å². The first-order chi connectivity index (χ1) is 11.8. The predicted molar refractivity (Wildman–Crippen MR) is 99.4 cm³/mol. The van der Waals surface area contributed by atoms with Crippen LogP contribution in [0.2, 0.25) is 0 Å². The molecule has 0 aliphatic heterocycles. The molecule has 6 heteroatoms. The third-order valence-corrected chi connectivity index (χ3v) is 3.96. The molecule has 6 nitrogen and oxygen atoms in total. The average molecular weight is 341 g/mol. The van der Waals surface area contributed by atoms with Crippen molar-refractivity contribution in [3.8, 4) is 17.6 Å². The minimum Gasteiger partial charge on any atom is -0.481 e. The van der Waals surface area contributed by atoms with Gasteiger partial charge in [-0.2, -0.15) is 0 Å². The average Bonchev–Trinajstić information content (AvgIpc) is 2.57. The number of benzene rings is 1. The van der Waals surface area contributed by atoms with Gasteiger partial charge in [0, 0.05) is 27.2 Å². The monoisotopic (exact) mass is 341 g/mol. The van der Waals surface area contributed by atoms with Gasteiger partial charge in [0.1, 0.15) is 18.2 Å². The fraction of sp³-hybridized carbons (Fsp3) is 0.368. The van der Waals surface area contributed by atoms with Crippen LogP contribution in [0.3, 0.4) is 0 Å². The van der Waals surface area contributed by atoms with Crippen molar-refractivity contribution in [1.29, 1.82) is 0 Å². The summed E-state index contributed by atoms with van der Waals surface area (Å²) in [5, 5.41) is 0. The third kappa shape index (κ3) is 4.32. The topological polar surface area (TPSA) is 56.5 Å². The zero-order valence-corrected chi connectivity index (χ0v) is 15.3. The maximum Gasteiger partial charge on any atom is 0.332 e. The second kappa shape index (κ2) is 7.75. The molecule has 25 heavy (non-hydrogen) atoms. The van der Waals surface area contributed by atoms with Gasteiger partial charge in [-0.05, 0) is 25.5 Å². The summed E-state index contributed by atoms with van der Waals surface area (Å²) in [6, 6.07) is 7.43. The summed E-state index contributed by atoms with van der Waals surface area (Å²) in [4.78, 5) is 25.5. The second-order valence-corrected chi connectivity index (χ2v) is 6.01. The summed E-state index contributed by atoms with van der Waals surface area (Å²) in [5.41, 5.74) is 1.57. The van der Waals surface area contributed by atoms with Crippen LogP contribution in [0, 0.1) is 25.7 Å². The molecule has 0 atom stereocenters. The molecule has 0 bridgehead atoms. The molecule has 0 spiro atoms. The van der Waals surface area contributed by atoms with Gasteiger partial charge >= 0.3 is 5.69 Å². The molecule has 0 fully saturated rings. The van der Waals surface area contributed by atoms with Crippen LogP contribution >= 0.6 is 0 Å². The Kier molecular flexibility index (Phi) is 5.71. The van der Waals surface area contributed by atoms with E-state index in [4.69, 9.17) is 4.74 Å². The van der Waals surface area contributed by atoms with Crippen molar-refractivity contribution < 1.29 is 4.74 Å². The molecule has 0 radical (unpaired) electrons. The Balaban J connectivity index is 2.00. The quantitative estimate of drug-likeness (QED) is 0.785. The van der Waals surface area contributed by atoms with Crippen molar-refractivity contribution in [3.63, 3.8) is 0 Å². The molecule has 2 rings (SSSR count). The van der Waals surface area contributed by atoms with Gasteiger partial charge in [-0.1, -0.05) is 29.5 Å². The molecule has 0 N–H and O–H groups in total. The SMILES string of the molecule is Cc1ccc(OCC#CCN(C)c2cc(=O)n(C)c(=O)n2C)c(C)c1. The maximum atomic E-state index is 11.9. The van der Waals surface area contributed by atoms with Gasteiger partial charge < -0.3 is 9.64 Å². The standard InChI is InChI=1S/C19H23N3O3/c1-14-8-9-16(15(2)12-14)25-11-7-6-10-20(3)17-13-18(23)22(5)19(24)21(17)4/h8-9,12-13H,10-11H2,1-5H3. The molecule has 0 aliphatic carbocycles. The van der Waals surface area contributed by atoms with E-state index < -0.39 is 0 Å². The number of hydrogen-bond donors (Lipinski definition) is 0. The molecular formula is C19H23N3O3. The van der Waals surface area contributed by atoms with E-state index in [1.54, 1.807) is 19.0 Å². The van der Waals surface area contributed by atoms with Crippen molar-refractivity contribution in [1.82, 2.24) is 9.13 Å². The van der Waals surface area contributed by atoms with Crippen molar-refractivity contribution in [3.05, 3.63) is 56.2 Å². The summed E-state index contributed by atoms with van der Waals surface area (Å²) < 4.78 is 8.15. The Morgan fingerprint density at radius 1 is 1.08 bits per heavy atom. The summed E-state index contributed by atoms with van der Waals surface area (Å²) >= 11 is 0. The highest BCUT2D eigenvalue weighted by Crippen LogP contribution is 2.18. The molecule has 1 aromatic carbocycles. The highest BCUT2D eigenvalue weighted by Gasteiger charge is 2.08. The van der Waals surface area contributed by atoms with Gasteiger partial charge in [-0.3, -0.25) is 13.9 Å². The van der Waals surface area contributed by atoms with E-state index in [-0.39, 0.29) is 17.9 Å². The van der Waals surface area contributed by atoms with E-state index in [1.807, 2.05) is 26.0 Å². The van der Waals surface area contributed by atoms with E-state index in [1.165, 1.54) is 23.2 Å². The fourth-order valence-corrected chi connectivity index (χ4v) is 2.47. The van der Waals surface area contributed by atoms with Gasteiger partial charge in [-0.15, -0.1) is 0 Å². The number of hydrogen-bond acceptors (Lipinski definition) is 4. The smallest absolute Gasteiger partial charge is 0.332 e. The molecule has 0 saturated carbocycles. The first-order valence-corrected chi connectivity index (χ1v) is 7.95. The van der Waals surface area contributed by atoms with E-state index in [9.17, 15) is 9.59 Å². The van der Waals surface area contributed by atoms with Crippen LogP contribution in [0.25, 0.3) is 0 Å². The highest BCUT2D eigenvalue weighted by atomic mass is 16.5. The van der Waals surface area contributed by atoms with Gasteiger partial charge in [0.05, 0.1) is 6.54 Å². The third-order valence-electron chi connectivity index (χ3n) is 3.96.